The molecule has 0 heterocycles. The van der Waals surface area contributed by atoms with Gasteiger partial charge in [-0.25, -0.2) is 4.39 Å². The third-order valence-corrected chi connectivity index (χ3v) is 1.70. The minimum Gasteiger partial charge on any atom is -0.237 e. The van der Waals surface area contributed by atoms with E-state index in [1.165, 1.54) is 0 Å². The smallest absolute Gasteiger partial charge is 0.237 e. The molecule has 1 radical (unpaired) electrons. The van der Waals surface area contributed by atoms with Crippen molar-refractivity contribution in [3.05, 3.63) is 6.67 Å². The van der Waals surface area contributed by atoms with E-state index in [0.717, 1.165) is 0 Å². The fourth-order valence-corrected chi connectivity index (χ4v) is 0.653. The molecule has 0 spiro atoms. The molecule has 0 bridgehead atoms. The maximum atomic E-state index is 12.3. The van der Waals surface area contributed by atoms with Crippen molar-refractivity contribution >= 4 is 0 Å². The van der Waals surface area contributed by atoms with Crippen LogP contribution in [0.15, 0.2) is 0 Å². The van der Waals surface area contributed by atoms with Crippen molar-refractivity contribution in [2.24, 2.45) is 0 Å². The van der Waals surface area contributed by atoms with E-state index < -0.39 is 36.5 Å². The average molecular weight is 301 g/mol. The van der Waals surface area contributed by atoms with E-state index in [1.807, 2.05) is 0 Å². The monoisotopic (exact) mass is 301 g/mol. The van der Waals surface area contributed by atoms with Crippen molar-refractivity contribution < 1.29 is 52.7 Å². The molecule has 0 amide bonds. The number of hydrogen-bond acceptors (Lipinski definition) is 0. The molecule has 0 aliphatic heterocycles. The zero-order chi connectivity index (χ0) is 15.2. The molecule has 0 nitrogen and oxygen atoms in total. The van der Waals surface area contributed by atoms with Gasteiger partial charge in [-0.1, -0.05) is 0 Å². The Morgan fingerprint density at radius 2 is 0.833 bits per heavy atom. The molecule has 18 heavy (non-hydrogen) atoms. The normalized spacial score (nSPS) is 16.0. The highest BCUT2D eigenvalue weighted by Crippen LogP contribution is 2.57. The summed E-state index contributed by atoms with van der Waals surface area (Å²) in [5, 5.41) is 0. The predicted octanol–water partition coefficient (Wildman–Crippen LogP) is 4.22. The Morgan fingerprint density at radius 3 is 1.06 bits per heavy atom. The Hall–Kier alpha value is -0.840. The molecule has 0 unspecified atom stereocenters. The maximum absolute atomic E-state index is 12.3. The van der Waals surface area contributed by atoms with Gasteiger partial charge < -0.3 is 0 Å². The van der Waals surface area contributed by atoms with Gasteiger partial charge in [0.05, 0.1) is 0 Å². The summed E-state index contributed by atoms with van der Waals surface area (Å²) < 4.78 is 143. The van der Waals surface area contributed by atoms with Gasteiger partial charge in [-0.15, -0.1) is 0 Å². The largest absolute Gasteiger partial charge is 0.460 e. The Balaban J connectivity index is 5.80. The van der Waals surface area contributed by atoms with E-state index in [4.69, 9.17) is 0 Å². The molecule has 0 aromatic carbocycles. The molecule has 0 aromatic heterocycles. The molecule has 0 aromatic rings. The van der Waals surface area contributed by atoms with Crippen LogP contribution in [0, 0.1) is 6.67 Å². The summed E-state index contributed by atoms with van der Waals surface area (Å²) in [6, 6.07) is 0. The molecular weight excluding hydrogens is 300 g/mol. The van der Waals surface area contributed by atoms with Gasteiger partial charge in [0.15, 0.2) is 0 Å². The van der Waals surface area contributed by atoms with E-state index in [9.17, 15) is 52.7 Å². The highest BCUT2D eigenvalue weighted by Gasteiger charge is 2.87. The summed E-state index contributed by atoms with van der Waals surface area (Å²) in [6.45, 7) is -2.40. The minimum atomic E-state index is -7.55. The summed E-state index contributed by atoms with van der Waals surface area (Å²) in [5.41, 5.74) is 0. The van der Waals surface area contributed by atoms with Crippen LogP contribution in [-0.2, 0) is 0 Å². The zero-order valence-electron chi connectivity index (χ0n) is 7.61. The maximum Gasteiger partial charge on any atom is 0.460 e. The minimum absolute atomic E-state index is 2.40. The summed E-state index contributed by atoms with van der Waals surface area (Å²) >= 11 is 0. The second kappa shape index (κ2) is 4.08. The highest BCUT2D eigenvalue weighted by molar-refractivity contribution is 5.08. The van der Waals surface area contributed by atoms with Crippen molar-refractivity contribution in [2.75, 3.05) is 0 Å². The molecule has 0 fully saturated rings. The van der Waals surface area contributed by atoms with Gasteiger partial charge in [-0.05, 0) is 0 Å². The third kappa shape index (κ3) is 2.09. The number of halogens is 12. The molecule has 0 aliphatic rings. The molecule has 0 aliphatic carbocycles. The lowest BCUT2D eigenvalue weighted by Crippen LogP contribution is -2.66. The topological polar surface area (TPSA) is 0 Å². The second-order valence-electron chi connectivity index (χ2n) is 2.95. The first-order chi connectivity index (χ1) is 7.56. The van der Waals surface area contributed by atoms with Crippen LogP contribution in [0.3, 0.4) is 0 Å². The Labute approximate surface area is 90.6 Å². The first-order valence-electron chi connectivity index (χ1n) is 3.59. The van der Waals surface area contributed by atoms with Gasteiger partial charge in [0.1, 0.15) is 0 Å². The van der Waals surface area contributed by atoms with Crippen LogP contribution < -0.4 is 0 Å². The first-order valence-corrected chi connectivity index (χ1v) is 3.59. The van der Waals surface area contributed by atoms with Gasteiger partial charge in [0, 0.05) is 0 Å². The van der Waals surface area contributed by atoms with E-state index in [0.29, 0.717) is 0 Å². The molecule has 0 rings (SSSR count). The lowest BCUT2D eigenvalue weighted by atomic mass is 9.99. The first kappa shape index (κ1) is 17.2. The van der Waals surface area contributed by atoms with Crippen molar-refractivity contribution in [3.8, 4) is 0 Å². The molecule has 0 saturated heterocycles. The predicted molar refractivity (Wildman–Crippen MR) is 31.3 cm³/mol. The lowest BCUT2D eigenvalue weighted by Gasteiger charge is -2.36. The van der Waals surface area contributed by atoms with E-state index >= 15 is 0 Å². The van der Waals surface area contributed by atoms with Crippen molar-refractivity contribution in [3.63, 3.8) is 0 Å². The molecule has 0 atom stereocenters. The zero-order valence-corrected chi connectivity index (χ0v) is 7.61. The van der Waals surface area contributed by atoms with Crippen LogP contribution in [-0.4, -0.2) is 29.9 Å². The Morgan fingerprint density at radius 1 is 0.500 bits per heavy atom. The van der Waals surface area contributed by atoms with E-state index in [-0.39, 0.29) is 0 Å². The number of hydrogen-bond donors (Lipinski definition) is 0. The molecule has 0 N–H and O–H groups in total. The van der Waals surface area contributed by atoms with Gasteiger partial charge in [0.25, 0.3) is 0 Å². The molecule has 0 saturated carbocycles. The summed E-state index contributed by atoms with van der Waals surface area (Å²) in [4.78, 5) is 0. The lowest BCUT2D eigenvalue weighted by molar-refractivity contribution is -0.419. The van der Waals surface area contributed by atoms with Gasteiger partial charge >= 0.3 is 29.9 Å². The standard InChI is InChI=1S/C6HF12/c7-1-2(8,9)3(10,11)4(12,13)5(14,15)6(16,17)18/h1H. The Kier molecular flexibility index (Phi) is 3.89. The molecular formula is C6HF12. The molecule has 12 heteroatoms. The summed E-state index contributed by atoms with van der Waals surface area (Å²) in [6.07, 6.45) is -7.23. The SMILES string of the molecule is F[CH]C(F)(F)C(F)(F)C(F)(F)C(F)(F)C(F)(F)F. The quantitative estimate of drug-likeness (QED) is 0.682. The Bertz CT molecular complexity index is 298. The fraction of sp³-hybridized carbons (Fsp3) is 0.833. The number of rotatable bonds is 4. The van der Waals surface area contributed by atoms with Crippen molar-refractivity contribution in [1.29, 1.82) is 0 Å². The van der Waals surface area contributed by atoms with Crippen LogP contribution in [0.4, 0.5) is 52.7 Å². The van der Waals surface area contributed by atoms with Crippen LogP contribution >= 0.6 is 0 Å². The third-order valence-electron chi connectivity index (χ3n) is 1.70. The van der Waals surface area contributed by atoms with Crippen LogP contribution in [0.5, 0.6) is 0 Å². The van der Waals surface area contributed by atoms with E-state index in [1.54, 1.807) is 0 Å². The summed E-state index contributed by atoms with van der Waals surface area (Å²) in [7, 11) is 0. The van der Waals surface area contributed by atoms with E-state index in [2.05, 4.69) is 0 Å². The molecule has 109 valence electrons. The average Bonchev–Trinajstić information content (AvgIpc) is 2.15. The van der Waals surface area contributed by atoms with Crippen molar-refractivity contribution in [2.45, 2.75) is 29.9 Å². The van der Waals surface area contributed by atoms with Crippen molar-refractivity contribution in [1.82, 2.24) is 0 Å². The van der Waals surface area contributed by atoms with Crippen LogP contribution in [0.25, 0.3) is 0 Å². The number of alkyl halides is 11. The van der Waals surface area contributed by atoms with Gasteiger partial charge in [0.2, 0.25) is 6.67 Å². The van der Waals surface area contributed by atoms with Crippen LogP contribution in [0.1, 0.15) is 0 Å². The second-order valence-corrected chi connectivity index (χ2v) is 2.95. The van der Waals surface area contributed by atoms with Gasteiger partial charge in [-0.3, -0.25) is 0 Å². The highest BCUT2D eigenvalue weighted by atomic mass is 19.4. The summed E-state index contributed by atoms with van der Waals surface area (Å²) in [5.74, 6) is -28.8. The van der Waals surface area contributed by atoms with Crippen LogP contribution in [0.2, 0.25) is 0 Å². The fourth-order valence-electron chi connectivity index (χ4n) is 0.653. The van der Waals surface area contributed by atoms with Gasteiger partial charge in [-0.2, -0.15) is 48.3 Å².